The standard InChI is InChI=1S/C17H15NO3/c1-2-13-6-5-8-15(10-13)18-11-14-7-3-4-9-16(14)21-12-17(19)20/h1,3-10,18H,11-12H2,(H,19,20). The summed E-state index contributed by atoms with van der Waals surface area (Å²) in [5.74, 6) is 2.14. The van der Waals surface area contributed by atoms with E-state index >= 15 is 0 Å². The van der Waals surface area contributed by atoms with Crippen LogP contribution in [0.4, 0.5) is 5.69 Å². The minimum absolute atomic E-state index is 0.358. The van der Waals surface area contributed by atoms with Crippen LogP contribution in [0.5, 0.6) is 5.75 Å². The van der Waals surface area contributed by atoms with Gasteiger partial charge >= 0.3 is 5.97 Å². The lowest BCUT2D eigenvalue weighted by Crippen LogP contribution is -2.11. The second-order valence-corrected chi connectivity index (χ2v) is 4.37. The molecule has 4 heteroatoms. The smallest absolute Gasteiger partial charge is 0.341 e. The zero-order valence-electron chi connectivity index (χ0n) is 11.4. The van der Waals surface area contributed by atoms with Gasteiger partial charge in [-0.15, -0.1) is 6.42 Å². The van der Waals surface area contributed by atoms with Crippen LogP contribution in [0.1, 0.15) is 11.1 Å². The highest BCUT2D eigenvalue weighted by Gasteiger charge is 2.05. The topological polar surface area (TPSA) is 58.6 Å². The van der Waals surface area contributed by atoms with E-state index in [0.29, 0.717) is 12.3 Å². The number of benzene rings is 2. The molecule has 0 aromatic heterocycles. The van der Waals surface area contributed by atoms with E-state index in [9.17, 15) is 4.79 Å². The first kappa shape index (κ1) is 14.5. The molecule has 0 fully saturated rings. The van der Waals surface area contributed by atoms with E-state index < -0.39 is 5.97 Å². The van der Waals surface area contributed by atoms with Gasteiger partial charge in [-0.3, -0.25) is 0 Å². The summed E-state index contributed by atoms with van der Waals surface area (Å²) in [5, 5.41) is 11.9. The van der Waals surface area contributed by atoms with Crippen molar-refractivity contribution in [3.63, 3.8) is 0 Å². The van der Waals surface area contributed by atoms with Crippen LogP contribution in [0.15, 0.2) is 48.5 Å². The fourth-order valence-corrected chi connectivity index (χ4v) is 1.85. The molecule has 106 valence electrons. The summed E-state index contributed by atoms with van der Waals surface area (Å²) < 4.78 is 5.26. The Hall–Kier alpha value is -2.93. The van der Waals surface area contributed by atoms with Gasteiger partial charge in [0.1, 0.15) is 5.75 Å². The molecule has 2 N–H and O–H groups in total. The van der Waals surface area contributed by atoms with E-state index in [1.54, 1.807) is 12.1 Å². The van der Waals surface area contributed by atoms with Crippen molar-refractivity contribution in [1.29, 1.82) is 0 Å². The van der Waals surface area contributed by atoms with E-state index in [1.807, 2.05) is 36.4 Å². The van der Waals surface area contributed by atoms with E-state index in [2.05, 4.69) is 11.2 Å². The van der Waals surface area contributed by atoms with Crippen LogP contribution >= 0.6 is 0 Å². The number of carboxylic acids is 1. The number of hydrogen-bond donors (Lipinski definition) is 2. The summed E-state index contributed by atoms with van der Waals surface area (Å²) in [6.07, 6.45) is 5.36. The van der Waals surface area contributed by atoms with Gasteiger partial charge in [-0.05, 0) is 24.3 Å². The van der Waals surface area contributed by atoms with Gasteiger partial charge < -0.3 is 15.2 Å². The molecule has 0 aliphatic heterocycles. The Morgan fingerprint density at radius 2 is 2.05 bits per heavy atom. The van der Waals surface area contributed by atoms with Crippen LogP contribution < -0.4 is 10.1 Å². The highest BCUT2D eigenvalue weighted by atomic mass is 16.5. The monoisotopic (exact) mass is 281 g/mol. The van der Waals surface area contributed by atoms with E-state index in [-0.39, 0.29) is 6.61 Å². The minimum Gasteiger partial charge on any atom is -0.482 e. The third-order valence-corrected chi connectivity index (χ3v) is 2.84. The first-order valence-corrected chi connectivity index (χ1v) is 6.42. The summed E-state index contributed by atoms with van der Waals surface area (Å²) in [6.45, 7) is 0.160. The number of ether oxygens (including phenoxy) is 1. The SMILES string of the molecule is C#Cc1cccc(NCc2ccccc2OCC(=O)O)c1. The number of nitrogens with one attached hydrogen (secondary N) is 1. The Morgan fingerprint density at radius 3 is 2.81 bits per heavy atom. The number of hydrogen-bond acceptors (Lipinski definition) is 3. The fourth-order valence-electron chi connectivity index (χ4n) is 1.85. The molecular weight excluding hydrogens is 266 g/mol. The fraction of sp³-hybridized carbons (Fsp3) is 0.118. The highest BCUT2D eigenvalue weighted by Crippen LogP contribution is 2.20. The van der Waals surface area contributed by atoms with Gasteiger partial charge in [0, 0.05) is 23.4 Å². The molecule has 2 aromatic rings. The Balaban J connectivity index is 2.05. The maximum absolute atomic E-state index is 10.6. The number of terminal acetylenes is 1. The molecule has 0 saturated heterocycles. The van der Waals surface area contributed by atoms with Crippen molar-refractivity contribution >= 4 is 11.7 Å². The number of carboxylic acid groups (broad SMARTS) is 1. The van der Waals surface area contributed by atoms with Gasteiger partial charge in [-0.25, -0.2) is 4.79 Å². The largest absolute Gasteiger partial charge is 0.482 e. The second-order valence-electron chi connectivity index (χ2n) is 4.37. The summed E-state index contributed by atoms with van der Waals surface area (Å²) in [7, 11) is 0. The molecular formula is C17H15NO3. The zero-order valence-corrected chi connectivity index (χ0v) is 11.4. The summed E-state index contributed by atoms with van der Waals surface area (Å²) >= 11 is 0. The van der Waals surface area contributed by atoms with Crippen molar-refractivity contribution in [2.24, 2.45) is 0 Å². The Kier molecular flexibility index (Phi) is 4.84. The summed E-state index contributed by atoms with van der Waals surface area (Å²) in [4.78, 5) is 10.6. The van der Waals surface area contributed by atoms with Gasteiger partial charge in [0.2, 0.25) is 0 Å². The molecule has 0 saturated carbocycles. The Labute approximate surface area is 123 Å². The van der Waals surface area contributed by atoms with Gasteiger partial charge in [0.25, 0.3) is 0 Å². The number of para-hydroxylation sites is 1. The number of rotatable bonds is 6. The Bertz CT molecular complexity index is 674. The van der Waals surface area contributed by atoms with Crippen LogP contribution in [-0.2, 0) is 11.3 Å². The lowest BCUT2D eigenvalue weighted by molar-refractivity contribution is -0.139. The second kappa shape index (κ2) is 7.01. The van der Waals surface area contributed by atoms with Crippen molar-refractivity contribution in [3.8, 4) is 18.1 Å². The van der Waals surface area contributed by atoms with Crippen molar-refractivity contribution in [2.45, 2.75) is 6.54 Å². The molecule has 0 spiro atoms. The minimum atomic E-state index is -1.00. The molecule has 0 bridgehead atoms. The van der Waals surface area contributed by atoms with Crippen molar-refractivity contribution in [2.75, 3.05) is 11.9 Å². The molecule has 0 unspecified atom stereocenters. The van der Waals surface area contributed by atoms with Crippen molar-refractivity contribution in [1.82, 2.24) is 0 Å². The quantitative estimate of drug-likeness (QED) is 0.799. The normalized spacial score (nSPS) is 9.67. The average molecular weight is 281 g/mol. The number of anilines is 1. The molecule has 4 nitrogen and oxygen atoms in total. The third-order valence-electron chi connectivity index (χ3n) is 2.84. The van der Waals surface area contributed by atoms with Gasteiger partial charge in [0.05, 0.1) is 0 Å². The highest BCUT2D eigenvalue weighted by molar-refractivity contribution is 5.68. The van der Waals surface area contributed by atoms with Crippen LogP contribution in [0, 0.1) is 12.3 Å². The predicted molar refractivity (Wildman–Crippen MR) is 81.3 cm³/mol. The van der Waals surface area contributed by atoms with Gasteiger partial charge in [-0.2, -0.15) is 0 Å². The van der Waals surface area contributed by atoms with Crippen LogP contribution in [0.25, 0.3) is 0 Å². The van der Waals surface area contributed by atoms with Crippen LogP contribution in [0.3, 0.4) is 0 Å². The molecule has 0 aliphatic carbocycles. The first-order chi connectivity index (χ1) is 10.2. The molecule has 2 rings (SSSR count). The van der Waals surface area contributed by atoms with Crippen molar-refractivity contribution < 1.29 is 14.6 Å². The van der Waals surface area contributed by atoms with Crippen molar-refractivity contribution in [3.05, 3.63) is 59.7 Å². The zero-order chi connectivity index (χ0) is 15.1. The van der Waals surface area contributed by atoms with E-state index in [4.69, 9.17) is 16.3 Å². The molecule has 0 heterocycles. The summed E-state index contributed by atoms with van der Waals surface area (Å²) in [6, 6.07) is 14.8. The molecule has 0 aliphatic rings. The third kappa shape index (κ3) is 4.29. The van der Waals surface area contributed by atoms with Gasteiger partial charge in [0.15, 0.2) is 6.61 Å². The van der Waals surface area contributed by atoms with E-state index in [1.165, 1.54) is 0 Å². The Morgan fingerprint density at radius 1 is 1.24 bits per heavy atom. The molecule has 0 radical (unpaired) electrons. The lowest BCUT2D eigenvalue weighted by atomic mass is 10.1. The molecule has 0 atom stereocenters. The van der Waals surface area contributed by atoms with Crippen LogP contribution in [-0.4, -0.2) is 17.7 Å². The predicted octanol–water partition coefficient (Wildman–Crippen LogP) is 2.74. The number of carbonyl (C=O) groups is 1. The first-order valence-electron chi connectivity index (χ1n) is 6.42. The van der Waals surface area contributed by atoms with Crippen LogP contribution in [0.2, 0.25) is 0 Å². The maximum Gasteiger partial charge on any atom is 0.341 e. The maximum atomic E-state index is 10.6. The molecule has 21 heavy (non-hydrogen) atoms. The average Bonchev–Trinajstić information content (AvgIpc) is 2.52. The summed E-state index contributed by atoms with van der Waals surface area (Å²) in [5.41, 5.74) is 2.58. The number of aliphatic carboxylic acids is 1. The lowest BCUT2D eigenvalue weighted by Gasteiger charge is -2.12. The molecule has 0 amide bonds. The molecule has 2 aromatic carbocycles. The van der Waals surface area contributed by atoms with E-state index in [0.717, 1.165) is 16.8 Å². The van der Waals surface area contributed by atoms with Gasteiger partial charge in [-0.1, -0.05) is 30.2 Å².